The van der Waals surface area contributed by atoms with Crippen LogP contribution in [0.4, 0.5) is 5.69 Å². The second-order valence-electron chi connectivity index (χ2n) is 5.79. The van der Waals surface area contributed by atoms with Crippen molar-refractivity contribution in [2.45, 2.75) is 52.5 Å². The van der Waals surface area contributed by atoms with Gasteiger partial charge in [0.2, 0.25) is 0 Å². The Labute approximate surface area is 105 Å². The molecule has 1 nitrogen and oxygen atoms in total. The normalized spacial score (nSPS) is 19.0. The largest absolute Gasteiger partial charge is 0.376 e. The molecule has 92 valence electrons. The summed E-state index contributed by atoms with van der Waals surface area (Å²) in [4.78, 5) is 0. The molecule has 0 saturated heterocycles. The highest BCUT2D eigenvalue weighted by Crippen LogP contribution is 2.35. The third-order valence-electron chi connectivity index (χ3n) is 3.68. The van der Waals surface area contributed by atoms with Crippen LogP contribution in [-0.2, 0) is 0 Å². The fourth-order valence-corrected chi connectivity index (χ4v) is 2.54. The molecule has 0 amide bonds. The molecule has 17 heavy (non-hydrogen) atoms. The van der Waals surface area contributed by atoms with Crippen LogP contribution in [0.2, 0.25) is 0 Å². The van der Waals surface area contributed by atoms with E-state index in [9.17, 15) is 0 Å². The maximum absolute atomic E-state index is 3.57. The van der Waals surface area contributed by atoms with Crippen molar-refractivity contribution in [1.29, 1.82) is 0 Å². The van der Waals surface area contributed by atoms with E-state index in [1.165, 1.54) is 28.8 Å². The first kappa shape index (κ1) is 12.2. The fourth-order valence-electron chi connectivity index (χ4n) is 2.54. The zero-order chi connectivity index (χ0) is 12.6. The number of rotatable bonds is 2. The van der Waals surface area contributed by atoms with Gasteiger partial charge < -0.3 is 5.32 Å². The number of anilines is 1. The summed E-state index contributed by atoms with van der Waals surface area (Å²) in [6, 6.07) is 6.83. The van der Waals surface area contributed by atoms with E-state index in [2.05, 4.69) is 64.2 Å². The van der Waals surface area contributed by atoms with Gasteiger partial charge in [-0.3, -0.25) is 0 Å². The van der Waals surface area contributed by atoms with E-state index in [1.807, 2.05) is 0 Å². The smallest absolute Gasteiger partial charge is 0.0505 e. The molecule has 1 heterocycles. The SMILES string of the molecule is CC[C@@H](C)c1ccc2c(c1)C(C)=CC(C)(C)N2. The van der Waals surface area contributed by atoms with Gasteiger partial charge in [-0.05, 0) is 56.4 Å². The van der Waals surface area contributed by atoms with Gasteiger partial charge in [-0.2, -0.15) is 0 Å². The van der Waals surface area contributed by atoms with Gasteiger partial charge in [0.1, 0.15) is 0 Å². The van der Waals surface area contributed by atoms with Crippen molar-refractivity contribution in [2.75, 3.05) is 5.32 Å². The Balaban J connectivity index is 2.44. The summed E-state index contributed by atoms with van der Waals surface area (Å²) < 4.78 is 0. The maximum atomic E-state index is 3.57. The van der Waals surface area contributed by atoms with E-state index in [0.29, 0.717) is 5.92 Å². The molecular weight excluding hydrogens is 206 g/mol. The van der Waals surface area contributed by atoms with Crippen LogP contribution in [0.3, 0.4) is 0 Å². The molecule has 2 rings (SSSR count). The highest BCUT2D eigenvalue weighted by molar-refractivity contribution is 5.80. The van der Waals surface area contributed by atoms with Crippen molar-refractivity contribution < 1.29 is 0 Å². The van der Waals surface area contributed by atoms with E-state index < -0.39 is 0 Å². The van der Waals surface area contributed by atoms with E-state index in [0.717, 1.165) is 0 Å². The molecule has 0 aromatic heterocycles. The molecular formula is C16H23N. The van der Waals surface area contributed by atoms with Crippen molar-refractivity contribution in [3.8, 4) is 0 Å². The van der Waals surface area contributed by atoms with Crippen LogP contribution in [-0.4, -0.2) is 5.54 Å². The lowest BCUT2D eigenvalue weighted by Crippen LogP contribution is -2.31. The second-order valence-corrected chi connectivity index (χ2v) is 5.79. The molecule has 0 bridgehead atoms. The number of benzene rings is 1. The number of hydrogen-bond donors (Lipinski definition) is 1. The molecule has 0 spiro atoms. The van der Waals surface area contributed by atoms with E-state index in [-0.39, 0.29) is 5.54 Å². The Morgan fingerprint density at radius 2 is 2.00 bits per heavy atom. The summed E-state index contributed by atoms with van der Waals surface area (Å²) in [5, 5.41) is 3.57. The Bertz CT molecular complexity index is 455. The van der Waals surface area contributed by atoms with E-state index >= 15 is 0 Å². The Kier molecular flexibility index (Phi) is 3.03. The predicted octanol–water partition coefficient (Wildman–Crippen LogP) is 4.81. The van der Waals surface area contributed by atoms with E-state index in [4.69, 9.17) is 0 Å². The molecule has 1 heteroatoms. The lowest BCUT2D eigenvalue weighted by atomic mass is 9.88. The summed E-state index contributed by atoms with van der Waals surface area (Å²) in [6.45, 7) is 11.2. The molecule has 0 unspecified atom stereocenters. The lowest BCUT2D eigenvalue weighted by molar-refractivity contribution is 0.705. The zero-order valence-electron chi connectivity index (χ0n) is 11.6. The molecule has 1 aliphatic heterocycles. The molecule has 0 fully saturated rings. The molecule has 0 aliphatic carbocycles. The van der Waals surface area contributed by atoms with Crippen molar-refractivity contribution >= 4 is 11.3 Å². The van der Waals surface area contributed by atoms with Gasteiger partial charge in [-0.15, -0.1) is 0 Å². The Hall–Kier alpha value is -1.24. The van der Waals surface area contributed by atoms with Crippen molar-refractivity contribution in [2.24, 2.45) is 0 Å². The number of hydrogen-bond acceptors (Lipinski definition) is 1. The number of allylic oxidation sites excluding steroid dienone is 1. The summed E-state index contributed by atoms with van der Waals surface area (Å²) in [5.74, 6) is 0.642. The van der Waals surface area contributed by atoms with Gasteiger partial charge in [0.25, 0.3) is 0 Å². The molecule has 1 atom stereocenters. The summed E-state index contributed by atoms with van der Waals surface area (Å²) in [7, 11) is 0. The first-order valence-corrected chi connectivity index (χ1v) is 6.55. The average molecular weight is 229 g/mol. The van der Waals surface area contributed by atoms with Gasteiger partial charge in [0.05, 0.1) is 5.54 Å². The maximum Gasteiger partial charge on any atom is 0.0505 e. The summed E-state index contributed by atoms with van der Waals surface area (Å²) in [6.07, 6.45) is 3.51. The minimum absolute atomic E-state index is 0.0645. The lowest BCUT2D eigenvalue weighted by Gasteiger charge is -2.32. The van der Waals surface area contributed by atoms with Crippen LogP contribution in [0.15, 0.2) is 24.3 Å². The summed E-state index contributed by atoms with van der Waals surface area (Å²) in [5.41, 5.74) is 5.52. The van der Waals surface area contributed by atoms with Crippen LogP contribution in [0, 0.1) is 0 Å². The molecule has 1 aromatic carbocycles. The molecule has 1 aliphatic rings. The highest BCUT2D eigenvalue weighted by Gasteiger charge is 2.22. The average Bonchev–Trinajstić information content (AvgIpc) is 2.26. The molecule has 1 aromatic rings. The van der Waals surface area contributed by atoms with Crippen molar-refractivity contribution in [1.82, 2.24) is 0 Å². The minimum Gasteiger partial charge on any atom is -0.376 e. The molecule has 0 radical (unpaired) electrons. The standard InChI is InChI=1S/C16H23N/c1-6-11(2)13-7-8-15-14(9-13)12(3)10-16(4,5)17-15/h7-11,17H,6H2,1-5H3/t11-/m1/s1. The molecule has 0 saturated carbocycles. The van der Waals surface area contributed by atoms with Crippen LogP contribution < -0.4 is 5.32 Å². The van der Waals surface area contributed by atoms with Crippen molar-refractivity contribution in [3.63, 3.8) is 0 Å². The summed E-state index contributed by atoms with van der Waals surface area (Å²) >= 11 is 0. The number of nitrogens with one attached hydrogen (secondary N) is 1. The first-order valence-electron chi connectivity index (χ1n) is 6.55. The molecule has 1 N–H and O–H groups in total. The number of fused-ring (bicyclic) bond motifs is 1. The minimum atomic E-state index is 0.0645. The van der Waals surface area contributed by atoms with Gasteiger partial charge in [0.15, 0.2) is 0 Å². The van der Waals surface area contributed by atoms with Crippen LogP contribution in [0.25, 0.3) is 5.57 Å². The third-order valence-corrected chi connectivity index (χ3v) is 3.68. The monoisotopic (exact) mass is 229 g/mol. The van der Waals surface area contributed by atoms with Crippen LogP contribution in [0.1, 0.15) is 58.1 Å². The van der Waals surface area contributed by atoms with E-state index in [1.54, 1.807) is 0 Å². The second kappa shape index (κ2) is 4.21. The Morgan fingerprint density at radius 1 is 1.29 bits per heavy atom. The van der Waals surface area contributed by atoms with Gasteiger partial charge in [-0.1, -0.05) is 26.0 Å². The van der Waals surface area contributed by atoms with Crippen LogP contribution >= 0.6 is 0 Å². The quantitative estimate of drug-likeness (QED) is 0.767. The zero-order valence-corrected chi connectivity index (χ0v) is 11.6. The van der Waals surface area contributed by atoms with Gasteiger partial charge >= 0.3 is 0 Å². The highest BCUT2D eigenvalue weighted by atomic mass is 15.0. The predicted molar refractivity (Wildman–Crippen MR) is 76.5 cm³/mol. The fraction of sp³-hybridized carbons (Fsp3) is 0.500. The van der Waals surface area contributed by atoms with Gasteiger partial charge in [-0.25, -0.2) is 0 Å². The topological polar surface area (TPSA) is 12.0 Å². The van der Waals surface area contributed by atoms with Crippen LogP contribution in [0.5, 0.6) is 0 Å². The Morgan fingerprint density at radius 3 is 2.65 bits per heavy atom. The van der Waals surface area contributed by atoms with Gasteiger partial charge in [0, 0.05) is 11.3 Å². The van der Waals surface area contributed by atoms with Crippen molar-refractivity contribution in [3.05, 3.63) is 35.4 Å². The first-order chi connectivity index (χ1) is 7.93. The third kappa shape index (κ3) is 2.38.